The fourth-order valence-electron chi connectivity index (χ4n) is 1.39. The van der Waals surface area contributed by atoms with Gasteiger partial charge in [-0.25, -0.2) is 14.8 Å². The van der Waals surface area contributed by atoms with Crippen LogP contribution in [0.25, 0.3) is 0 Å². The molecule has 0 aliphatic carbocycles. The molecule has 0 aliphatic rings. The first-order valence-electron chi connectivity index (χ1n) is 5.59. The van der Waals surface area contributed by atoms with Crippen LogP contribution in [0.5, 0.6) is 0 Å². The zero-order valence-corrected chi connectivity index (χ0v) is 10.6. The van der Waals surface area contributed by atoms with E-state index in [1.165, 1.54) is 13.3 Å². The Bertz CT molecular complexity index is 457. The van der Waals surface area contributed by atoms with Gasteiger partial charge in [0.2, 0.25) is 0 Å². The Hall–Kier alpha value is -1.82. The van der Waals surface area contributed by atoms with Crippen molar-refractivity contribution < 1.29 is 19.4 Å². The number of nitrogens with zero attached hydrogens (tertiary/aromatic N) is 2. The molecule has 0 aliphatic heterocycles. The highest BCUT2D eigenvalue weighted by atomic mass is 16.5. The summed E-state index contributed by atoms with van der Waals surface area (Å²) in [6.45, 7) is 3.80. The predicted molar refractivity (Wildman–Crippen MR) is 63.7 cm³/mol. The van der Waals surface area contributed by atoms with Crippen molar-refractivity contribution in [3.8, 4) is 0 Å². The Balaban J connectivity index is 3.12. The van der Waals surface area contributed by atoms with Gasteiger partial charge >= 0.3 is 5.97 Å². The zero-order valence-electron chi connectivity index (χ0n) is 10.6. The van der Waals surface area contributed by atoms with Crippen molar-refractivity contribution in [2.75, 3.05) is 13.7 Å². The number of aromatic nitrogens is 2. The third-order valence-electron chi connectivity index (χ3n) is 2.36. The topological polar surface area (TPSA) is 89.4 Å². The van der Waals surface area contributed by atoms with Crippen LogP contribution in [0.3, 0.4) is 0 Å². The second-order valence-corrected chi connectivity index (χ2v) is 4.12. The fraction of sp³-hybridized carbons (Fsp3) is 0.500. The van der Waals surface area contributed by atoms with Gasteiger partial charge in [0.1, 0.15) is 5.82 Å². The van der Waals surface area contributed by atoms with Crippen LogP contribution >= 0.6 is 0 Å². The van der Waals surface area contributed by atoms with E-state index in [0.29, 0.717) is 18.9 Å². The monoisotopic (exact) mass is 252 g/mol. The molecule has 0 saturated heterocycles. The Morgan fingerprint density at radius 2 is 2.11 bits per heavy atom. The summed E-state index contributed by atoms with van der Waals surface area (Å²) in [5, 5.41) is 9.07. The first kappa shape index (κ1) is 14.2. The lowest BCUT2D eigenvalue weighted by Crippen LogP contribution is -2.17. The SMILES string of the molecule is COCCc1ncc(C(=O)C(C)C)c(C(=O)O)n1. The number of hydrogen-bond donors (Lipinski definition) is 1. The molecule has 0 aromatic carbocycles. The highest BCUT2D eigenvalue weighted by Gasteiger charge is 2.21. The van der Waals surface area contributed by atoms with E-state index in [-0.39, 0.29) is 23.0 Å². The molecule has 98 valence electrons. The highest BCUT2D eigenvalue weighted by molar-refractivity contribution is 6.05. The molecule has 0 unspecified atom stereocenters. The number of methoxy groups -OCH3 is 1. The Labute approximate surface area is 105 Å². The molecule has 0 saturated carbocycles. The highest BCUT2D eigenvalue weighted by Crippen LogP contribution is 2.12. The van der Waals surface area contributed by atoms with Crippen LogP contribution in [-0.2, 0) is 11.2 Å². The molecule has 0 fully saturated rings. The van der Waals surface area contributed by atoms with Crippen molar-refractivity contribution in [2.24, 2.45) is 5.92 Å². The normalized spacial score (nSPS) is 10.7. The van der Waals surface area contributed by atoms with E-state index in [4.69, 9.17) is 9.84 Å². The quantitative estimate of drug-likeness (QED) is 0.765. The second-order valence-electron chi connectivity index (χ2n) is 4.12. The average Bonchev–Trinajstić information content (AvgIpc) is 2.34. The molecule has 1 heterocycles. The van der Waals surface area contributed by atoms with E-state index in [0.717, 1.165) is 0 Å². The van der Waals surface area contributed by atoms with Crippen LogP contribution in [-0.4, -0.2) is 40.5 Å². The van der Waals surface area contributed by atoms with Crippen molar-refractivity contribution in [3.05, 3.63) is 23.3 Å². The number of Topliss-reactive ketones (excluding diaryl/α,β-unsaturated/α-hetero) is 1. The van der Waals surface area contributed by atoms with Crippen molar-refractivity contribution >= 4 is 11.8 Å². The van der Waals surface area contributed by atoms with Gasteiger partial charge in [-0.2, -0.15) is 0 Å². The van der Waals surface area contributed by atoms with Gasteiger partial charge < -0.3 is 9.84 Å². The summed E-state index contributed by atoms with van der Waals surface area (Å²) in [5.74, 6) is -1.43. The third-order valence-corrected chi connectivity index (χ3v) is 2.36. The summed E-state index contributed by atoms with van der Waals surface area (Å²) >= 11 is 0. The fourth-order valence-corrected chi connectivity index (χ4v) is 1.39. The molecule has 18 heavy (non-hydrogen) atoms. The molecular formula is C12H16N2O4. The van der Waals surface area contributed by atoms with E-state index in [9.17, 15) is 9.59 Å². The number of carbonyl (C=O) groups excluding carboxylic acids is 1. The van der Waals surface area contributed by atoms with Crippen LogP contribution in [0.4, 0.5) is 0 Å². The standard InChI is InChI=1S/C12H16N2O4/c1-7(2)11(15)8-6-13-9(4-5-18-3)14-10(8)12(16)17/h6-7H,4-5H2,1-3H3,(H,16,17). The number of ether oxygens (including phenoxy) is 1. The summed E-state index contributed by atoms with van der Waals surface area (Å²) in [6.07, 6.45) is 1.69. The molecule has 1 aromatic rings. The molecule has 0 atom stereocenters. The molecule has 6 nitrogen and oxygen atoms in total. The Kier molecular flexibility index (Phi) is 4.91. The van der Waals surface area contributed by atoms with E-state index < -0.39 is 5.97 Å². The Morgan fingerprint density at radius 3 is 2.61 bits per heavy atom. The van der Waals surface area contributed by atoms with E-state index in [1.807, 2.05) is 0 Å². The van der Waals surface area contributed by atoms with Gasteiger partial charge in [-0.05, 0) is 0 Å². The zero-order chi connectivity index (χ0) is 13.7. The van der Waals surface area contributed by atoms with Crippen molar-refractivity contribution in [3.63, 3.8) is 0 Å². The van der Waals surface area contributed by atoms with E-state index >= 15 is 0 Å². The summed E-state index contributed by atoms with van der Waals surface area (Å²) in [6, 6.07) is 0. The van der Waals surface area contributed by atoms with Gasteiger partial charge in [0, 0.05) is 25.6 Å². The molecule has 0 bridgehead atoms. The minimum atomic E-state index is -1.22. The Morgan fingerprint density at radius 1 is 1.44 bits per heavy atom. The second kappa shape index (κ2) is 6.20. The summed E-state index contributed by atoms with van der Waals surface area (Å²) in [5.41, 5.74) is -0.187. The van der Waals surface area contributed by atoms with Gasteiger partial charge in [0.05, 0.1) is 12.2 Å². The van der Waals surface area contributed by atoms with Crippen LogP contribution in [0.1, 0.15) is 40.5 Å². The lowest BCUT2D eigenvalue weighted by atomic mass is 10.0. The molecule has 0 amide bonds. The lowest BCUT2D eigenvalue weighted by molar-refractivity contribution is 0.0683. The first-order chi connectivity index (χ1) is 8.47. The number of hydrogen-bond acceptors (Lipinski definition) is 5. The average molecular weight is 252 g/mol. The minimum Gasteiger partial charge on any atom is -0.476 e. The van der Waals surface area contributed by atoms with E-state index in [1.54, 1.807) is 13.8 Å². The van der Waals surface area contributed by atoms with Gasteiger partial charge in [-0.3, -0.25) is 4.79 Å². The summed E-state index contributed by atoms with van der Waals surface area (Å²) in [7, 11) is 1.54. The minimum absolute atomic E-state index is 0.0543. The van der Waals surface area contributed by atoms with Crippen molar-refractivity contribution in [1.82, 2.24) is 9.97 Å². The molecule has 0 radical (unpaired) electrons. The number of carbonyl (C=O) groups is 2. The maximum atomic E-state index is 11.8. The van der Waals surface area contributed by atoms with Crippen LogP contribution in [0.15, 0.2) is 6.20 Å². The maximum Gasteiger partial charge on any atom is 0.355 e. The summed E-state index contributed by atoms with van der Waals surface area (Å²) < 4.78 is 4.87. The smallest absolute Gasteiger partial charge is 0.355 e. The summed E-state index contributed by atoms with van der Waals surface area (Å²) in [4.78, 5) is 30.8. The largest absolute Gasteiger partial charge is 0.476 e. The molecule has 0 spiro atoms. The number of aromatic carboxylic acids is 1. The van der Waals surface area contributed by atoms with Gasteiger partial charge in [0.15, 0.2) is 11.5 Å². The third kappa shape index (κ3) is 3.33. The molecule has 1 N–H and O–H groups in total. The molecule has 1 aromatic heterocycles. The van der Waals surface area contributed by atoms with Crippen molar-refractivity contribution in [2.45, 2.75) is 20.3 Å². The van der Waals surface area contributed by atoms with Gasteiger partial charge in [0.25, 0.3) is 0 Å². The number of carboxylic acids is 1. The van der Waals surface area contributed by atoms with Crippen LogP contribution in [0, 0.1) is 5.92 Å². The van der Waals surface area contributed by atoms with Crippen LogP contribution < -0.4 is 0 Å². The maximum absolute atomic E-state index is 11.8. The van der Waals surface area contributed by atoms with Gasteiger partial charge in [-0.15, -0.1) is 0 Å². The van der Waals surface area contributed by atoms with Gasteiger partial charge in [-0.1, -0.05) is 13.8 Å². The number of carboxylic acid groups (broad SMARTS) is 1. The van der Waals surface area contributed by atoms with Crippen LogP contribution in [0.2, 0.25) is 0 Å². The molecule has 6 heteroatoms. The predicted octanol–water partition coefficient (Wildman–Crippen LogP) is 1.20. The molecular weight excluding hydrogens is 236 g/mol. The number of rotatable bonds is 6. The van der Waals surface area contributed by atoms with E-state index in [2.05, 4.69) is 9.97 Å². The lowest BCUT2D eigenvalue weighted by Gasteiger charge is -2.08. The number of ketones is 1. The first-order valence-corrected chi connectivity index (χ1v) is 5.59. The van der Waals surface area contributed by atoms with Crippen molar-refractivity contribution in [1.29, 1.82) is 0 Å². The molecule has 1 rings (SSSR count).